The number of fused-ring (bicyclic) bond motifs is 1. The zero-order valence-electron chi connectivity index (χ0n) is 22.1. The second kappa shape index (κ2) is 11.3. The number of oxazole rings is 1. The Morgan fingerprint density at radius 1 is 1.18 bits per heavy atom. The molecule has 1 aliphatic heterocycles. The van der Waals surface area contributed by atoms with Gasteiger partial charge in [0.2, 0.25) is 5.91 Å². The molecule has 1 aliphatic carbocycles. The lowest BCUT2D eigenvalue weighted by molar-refractivity contribution is -0.144. The van der Waals surface area contributed by atoms with Crippen LogP contribution in [0, 0.1) is 30.4 Å². The number of aromatic nitrogens is 1. The van der Waals surface area contributed by atoms with Crippen molar-refractivity contribution in [2.24, 2.45) is 11.8 Å². The van der Waals surface area contributed by atoms with Gasteiger partial charge in [-0.1, -0.05) is 19.1 Å². The quantitative estimate of drug-likeness (QED) is 0.383. The highest BCUT2D eigenvalue weighted by Gasteiger charge is 2.35. The normalized spacial score (nSPS) is 23.3. The molecule has 39 heavy (non-hydrogen) atoms. The fourth-order valence-electron chi connectivity index (χ4n) is 5.64. The summed E-state index contributed by atoms with van der Waals surface area (Å²) in [6.45, 7) is 4.84. The number of nitrogens with zero attached hydrogens (tertiary/aromatic N) is 2. The Hall–Kier alpha value is -3.53. The number of rotatable bonds is 8. The van der Waals surface area contributed by atoms with Crippen LogP contribution in [0.2, 0.25) is 0 Å². The largest absolute Gasteiger partial charge is 0.481 e. The minimum atomic E-state index is -0.750. The summed E-state index contributed by atoms with van der Waals surface area (Å²) in [7, 11) is 0. The third kappa shape index (κ3) is 6.06. The molecule has 2 aliphatic rings. The number of carboxylic acid groups (broad SMARTS) is 1. The highest BCUT2D eigenvalue weighted by Crippen LogP contribution is 2.31. The SMILES string of the molecule is Cc1ccc(F)cc1Nc1nc2ccc(CC(=O)N3C[C@@H](C)C[C@H]3CO[C@H]3CC[C@H](C(=O)O)CC3)c(F)c2o1. The highest BCUT2D eigenvalue weighted by atomic mass is 19.1. The number of ether oxygens (including phenoxy) is 1. The maximum atomic E-state index is 15.4. The Kier molecular flexibility index (Phi) is 7.83. The van der Waals surface area contributed by atoms with Gasteiger partial charge in [0.1, 0.15) is 11.3 Å². The molecule has 10 heteroatoms. The van der Waals surface area contributed by atoms with Gasteiger partial charge in [-0.25, -0.2) is 8.78 Å². The van der Waals surface area contributed by atoms with Crippen molar-refractivity contribution in [3.05, 3.63) is 53.1 Å². The standard InChI is InChI=1S/C29H33F2N3O5/c1-16-11-21(15-38-22-8-4-18(5-9-22)28(36)37)34(14-16)25(35)12-19-6-10-23-27(26(19)31)39-29(32-23)33-24-13-20(30)7-3-17(24)2/h3,6-7,10,13,16,18,21-22H,4-5,8-9,11-12,14-15H2,1-2H3,(H,32,33)(H,36,37)/t16-,18-,21-,22-/m0/s1. The van der Waals surface area contributed by atoms with E-state index in [9.17, 15) is 19.1 Å². The first-order valence-electron chi connectivity index (χ1n) is 13.4. The smallest absolute Gasteiger partial charge is 0.306 e. The molecule has 1 saturated heterocycles. The first-order valence-corrected chi connectivity index (χ1v) is 13.4. The second-order valence-electron chi connectivity index (χ2n) is 10.9. The Morgan fingerprint density at radius 3 is 2.69 bits per heavy atom. The van der Waals surface area contributed by atoms with Gasteiger partial charge in [0.15, 0.2) is 11.4 Å². The average Bonchev–Trinajstić information content (AvgIpc) is 3.50. The summed E-state index contributed by atoms with van der Waals surface area (Å²) in [5.41, 5.74) is 1.67. The molecule has 208 valence electrons. The fourth-order valence-corrected chi connectivity index (χ4v) is 5.64. The van der Waals surface area contributed by atoms with E-state index in [-0.39, 0.29) is 47.6 Å². The first-order chi connectivity index (χ1) is 18.7. The lowest BCUT2D eigenvalue weighted by atomic mass is 9.87. The van der Waals surface area contributed by atoms with E-state index in [2.05, 4.69) is 17.2 Å². The van der Waals surface area contributed by atoms with Crippen molar-refractivity contribution in [1.29, 1.82) is 0 Å². The number of nitrogens with one attached hydrogen (secondary N) is 1. The Morgan fingerprint density at radius 2 is 1.95 bits per heavy atom. The number of carbonyl (C=O) groups is 2. The number of aryl methyl sites for hydroxylation is 1. The molecule has 2 aromatic carbocycles. The van der Waals surface area contributed by atoms with Gasteiger partial charge >= 0.3 is 5.97 Å². The molecule has 0 radical (unpaired) electrons. The number of carbonyl (C=O) groups excluding carboxylic acids is 1. The van der Waals surface area contributed by atoms with Crippen LogP contribution in [0.1, 0.15) is 50.2 Å². The van der Waals surface area contributed by atoms with E-state index in [0.29, 0.717) is 56.0 Å². The monoisotopic (exact) mass is 541 g/mol. The number of likely N-dealkylation sites (tertiary alicyclic amines) is 1. The predicted molar refractivity (Wildman–Crippen MR) is 141 cm³/mol. The summed E-state index contributed by atoms with van der Waals surface area (Å²) in [4.78, 5) is 30.5. The summed E-state index contributed by atoms with van der Waals surface area (Å²) in [6.07, 6.45) is 3.28. The van der Waals surface area contributed by atoms with Crippen LogP contribution in [0.5, 0.6) is 0 Å². The molecular weight excluding hydrogens is 508 g/mol. The van der Waals surface area contributed by atoms with Gasteiger partial charge in [0.05, 0.1) is 31.1 Å². The van der Waals surface area contributed by atoms with Crippen molar-refractivity contribution in [3.8, 4) is 0 Å². The van der Waals surface area contributed by atoms with E-state index in [0.717, 1.165) is 12.0 Å². The van der Waals surface area contributed by atoms with Crippen LogP contribution in [0.15, 0.2) is 34.7 Å². The number of amides is 1. The van der Waals surface area contributed by atoms with Gasteiger partial charge in [-0.2, -0.15) is 4.98 Å². The van der Waals surface area contributed by atoms with Gasteiger partial charge in [-0.15, -0.1) is 0 Å². The lowest BCUT2D eigenvalue weighted by Gasteiger charge is -2.30. The van der Waals surface area contributed by atoms with Gasteiger partial charge < -0.3 is 24.5 Å². The second-order valence-corrected chi connectivity index (χ2v) is 10.9. The number of carboxylic acids is 1. The lowest BCUT2D eigenvalue weighted by Crippen LogP contribution is -2.40. The summed E-state index contributed by atoms with van der Waals surface area (Å²) >= 11 is 0. The van der Waals surface area contributed by atoms with Crippen molar-refractivity contribution in [3.63, 3.8) is 0 Å². The van der Waals surface area contributed by atoms with Gasteiger partial charge in [0, 0.05) is 17.8 Å². The molecule has 0 spiro atoms. The third-order valence-electron chi connectivity index (χ3n) is 7.85. The molecule has 2 fully saturated rings. The van der Waals surface area contributed by atoms with Crippen molar-refractivity contribution < 1.29 is 32.6 Å². The maximum Gasteiger partial charge on any atom is 0.306 e. The fraction of sp³-hybridized carbons (Fsp3) is 0.483. The first kappa shape index (κ1) is 27.1. The molecule has 1 aromatic heterocycles. The molecule has 8 nitrogen and oxygen atoms in total. The van der Waals surface area contributed by atoms with Crippen molar-refractivity contribution >= 4 is 34.7 Å². The topological polar surface area (TPSA) is 105 Å². The van der Waals surface area contributed by atoms with Crippen LogP contribution in [0.4, 0.5) is 20.5 Å². The molecule has 0 unspecified atom stereocenters. The number of aliphatic carboxylic acids is 1. The van der Waals surface area contributed by atoms with Gasteiger partial charge in [0.25, 0.3) is 6.01 Å². The molecular formula is C29H33F2N3O5. The van der Waals surface area contributed by atoms with Crippen LogP contribution in [-0.2, 0) is 20.7 Å². The molecule has 3 aromatic rings. The molecule has 0 bridgehead atoms. The summed E-state index contributed by atoms with van der Waals surface area (Å²) < 4.78 is 40.8. The number of hydrogen-bond donors (Lipinski definition) is 2. The van der Waals surface area contributed by atoms with E-state index in [4.69, 9.17) is 9.15 Å². The molecule has 2 heterocycles. The van der Waals surface area contributed by atoms with Crippen molar-refractivity contribution in [2.75, 3.05) is 18.5 Å². The molecule has 1 saturated carbocycles. The minimum Gasteiger partial charge on any atom is -0.481 e. The van der Waals surface area contributed by atoms with E-state index >= 15 is 4.39 Å². The van der Waals surface area contributed by atoms with E-state index < -0.39 is 17.6 Å². The van der Waals surface area contributed by atoms with Crippen LogP contribution >= 0.6 is 0 Å². The third-order valence-corrected chi connectivity index (χ3v) is 7.85. The predicted octanol–water partition coefficient (Wildman–Crippen LogP) is 5.60. The molecule has 1 amide bonds. The minimum absolute atomic E-state index is 0.00117. The van der Waals surface area contributed by atoms with Crippen LogP contribution in [-0.4, -0.2) is 52.2 Å². The summed E-state index contributed by atoms with van der Waals surface area (Å²) in [5, 5.41) is 12.1. The van der Waals surface area contributed by atoms with Crippen LogP contribution in [0.3, 0.4) is 0 Å². The Labute approximate surface area is 225 Å². The zero-order valence-corrected chi connectivity index (χ0v) is 22.1. The number of anilines is 2. The Bertz CT molecular complexity index is 1370. The van der Waals surface area contributed by atoms with Gasteiger partial charge in [-0.05, 0) is 68.7 Å². The summed E-state index contributed by atoms with van der Waals surface area (Å²) in [6, 6.07) is 7.35. The van der Waals surface area contributed by atoms with E-state index in [1.165, 1.54) is 12.1 Å². The molecule has 5 rings (SSSR count). The summed E-state index contributed by atoms with van der Waals surface area (Å²) in [5.74, 6) is -2.01. The maximum absolute atomic E-state index is 15.4. The average molecular weight is 542 g/mol. The van der Waals surface area contributed by atoms with Crippen LogP contribution in [0.25, 0.3) is 11.1 Å². The van der Waals surface area contributed by atoms with E-state index in [1.807, 2.05) is 0 Å². The van der Waals surface area contributed by atoms with Crippen molar-refractivity contribution in [2.45, 2.75) is 64.5 Å². The highest BCUT2D eigenvalue weighted by molar-refractivity contribution is 5.83. The number of hydrogen-bond acceptors (Lipinski definition) is 6. The van der Waals surface area contributed by atoms with Crippen LogP contribution < -0.4 is 5.32 Å². The van der Waals surface area contributed by atoms with E-state index in [1.54, 1.807) is 30.0 Å². The van der Waals surface area contributed by atoms with Gasteiger partial charge in [-0.3, -0.25) is 9.59 Å². The zero-order chi connectivity index (χ0) is 27.7. The molecule has 2 N–H and O–H groups in total. The number of halogens is 2. The Balaban J connectivity index is 1.23. The molecule has 2 atom stereocenters. The number of benzene rings is 2. The van der Waals surface area contributed by atoms with Crippen molar-refractivity contribution in [1.82, 2.24) is 9.88 Å².